The van der Waals surface area contributed by atoms with Gasteiger partial charge in [-0.3, -0.25) is 4.98 Å². The molecule has 1 aromatic carbocycles. The van der Waals surface area contributed by atoms with E-state index in [1.54, 1.807) is 12.1 Å². The number of nitrogens with one attached hydrogen (secondary N) is 1. The molecule has 0 saturated heterocycles. The summed E-state index contributed by atoms with van der Waals surface area (Å²) >= 11 is 5.97. The van der Waals surface area contributed by atoms with E-state index in [9.17, 15) is 13.6 Å². The number of H-pyrrole nitrogens is 1. The third-order valence-corrected chi connectivity index (χ3v) is 3.10. The van der Waals surface area contributed by atoms with Crippen molar-refractivity contribution < 1.29 is 17.9 Å². The van der Waals surface area contributed by atoms with Crippen LogP contribution < -0.4 is 10.5 Å². The number of alkyl halides is 2. The van der Waals surface area contributed by atoms with Crippen LogP contribution in [0.2, 0.25) is 5.02 Å². The molecule has 6 nitrogen and oxygen atoms in total. The van der Waals surface area contributed by atoms with Crippen molar-refractivity contribution in [2.45, 2.75) is 6.43 Å². The predicted octanol–water partition coefficient (Wildman–Crippen LogP) is 2.88. The van der Waals surface area contributed by atoms with E-state index < -0.39 is 18.8 Å². The van der Waals surface area contributed by atoms with E-state index >= 15 is 0 Å². The first kappa shape index (κ1) is 14.5. The third kappa shape index (κ3) is 2.77. The van der Waals surface area contributed by atoms with E-state index in [4.69, 9.17) is 20.8 Å². The quantitative estimate of drug-likeness (QED) is 0.797. The van der Waals surface area contributed by atoms with E-state index in [1.807, 2.05) is 0 Å². The number of aromatic amines is 1. The molecule has 0 aliphatic heterocycles. The van der Waals surface area contributed by atoms with Gasteiger partial charge in [-0.2, -0.15) is 0 Å². The molecule has 0 spiro atoms. The van der Waals surface area contributed by atoms with Crippen LogP contribution in [0.3, 0.4) is 0 Å². The summed E-state index contributed by atoms with van der Waals surface area (Å²) < 4.78 is 33.9. The van der Waals surface area contributed by atoms with Crippen molar-refractivity contribution in [3.05, 3.63) is 40.1 Å². The second-order valence-electron chi connectivity index (χ2n) is 4.26. The van der Waals surface area contributed by atoms with E-state index in [0.717, 1.165) is 0 Å². The molecule has 9 heteroatoms. The Morgan fingerprint density at radius 3 is 2.82 bits per heavy atom. The monoisotopic (exact) mass is 327 g/mol. The van der Waals surface area contributed by atoms with Crippen LogP contribution >= 0.6 is 11.6 Å². The summed E-state index contributed by atoms with van der Waals surface area (Å²) in [6, 6.07) is 3.19. The predicted molar refractivity (Wildman–Crippen MR) is 74.4 cm³/mol. The molecule has 0 aliphatic carbocycles. The number of halogens is 3. The summed E-state index contributed by atoms with van der Waals surface area (Å²) in [4.78, 5) is 21.7. The molecule has 0 saturated carbocycles. The Morgan fingerprint density at radius 2 is 2.14 bits per heavy atom. The lowest BCUT2D eigenvalue weighted by atomic mass is 10.1. The number of rotatable bonds is 4. The average molecular weight is 328 g/mol. The third-order valence-electron chi connectivity index (χ3n) is 2.79. The molecule has 3 rings (SSSR count). The minimum absolute atomic E-state index is 0.0234. The van der Waals surface area contributed by atoms with Gasteiger partial charge in [-0.15, -0.1) is 0 Å². The SMILES string of the molecule is O=c1[nH]c2c(Cl)ccc(-c3cnc(OCC(F)F)cn3)c2o1. The Labute approximate surface area is 126 Å². The maximum absolute atomic E-state index is 12.0. The van der Waals surface area contributed by atoms with Crippen molar-refractivity contribution in [3.8, 4) is 17.1 Å². The Balaban J connectivity index is 1.98. The number of benzene rings is 1. The number of ether oxygens (including phenoxy) is 1. The fourth-order valence-corrected chi connectivity index (χ4v) is 2.08. The summed E-state index contributed by atoms with van der Waals surface area (Å²) in [5, 5.41) is 0.328. The first-order valence-electron chi connectivity index (χ1n) is 6.09. The maximum atomic E-state index is 12.0. The van der Waals surface area contributed by atoms with Gasteiger partial charge in [0.1, 0.15) is 5.52 Å². The van der Waals surface area contributed by atoms with Gasteiger partial charge in [0, 0.05) is 5.56 Å². The lowest BCUT2D eigenvalue weighted by molar-refractivity contribution is 0.0794. The van der Waals surface area contributed by atoms with Crippen LogP contribution in [0.15, 0.2) is 33.7 Å². The normalized spacial score (nSPS) is 11.3. The summed E-state index contributed by atoms with van der Waals surface area (Å²) in [6.07, 6.45) is -0.0501. The standard InChI is InChI=1S/C13H8ClF2N3O3/c14-7-2-1-6(12-11(7)19-13(20)22-12)8-3-18-10(4-17-8)21-5-9(15)16/h1-4,9H,5H2,(H,19,20). The van der Waals surface area contributed by atoms with Gasteiger partial charge < -0.3 is 9.15 Å². The topological polar surface area (TPSA) is 81.0 Å². The van der Waals surface area contributed by atoms with Gasteiger partial charge in [0.15, 0.2) is 12.2 Å². The Hall–Kier alpha value is -2.48. The molecule has 0 radical (unpaired) electrons. The Kier molecular flexibility index (Phi) is 3.76. The first-order valence-corrected chi connectivity index (χ1v) is 6.47. The molecule has 114 valence electrons. The molecule has 0 fully saturated rings. The molecule has 3 aromatic rings. The van der Waals surface area contributed by atoms with Crippen molar-refractivity contribution in [2.24, 2.45) is 0 Å². The summed E-state index contributed by atoms with van der Waals surface area (Å²) in [6.45, 7) is -0.758. The first-order chi connectivity index (χ1) is 10.5. The van der Waals surface area contributed by atoms with Gasteiger partial charge in [0.05, 0.1) is 23.1 Å². The largest absolute Gasteiger partial charge is 0.470 e. The van der Waals surface area contributed by atoms with Crippen LogP contribution in [0.4, 0.5) is 8.78 Å². The van der Waals surface area contributed by atoms with E-state index in [1.165, 1.54) is 12.4 Å². The van der Waals surface area contributed by atoms with Crippen LogP contribution in [0.1, 0.15) is 0 Å². The van der Waals surface area contributed by atoms with Gasteiger partial charge in [-0.05, 0) is 12.1 Å². The van der Waals surface area contributed by atoms with Crippen LogP contribution in [0.5, 0.6) is 5.88 Å². The fraction of sp³-hybridized carbons (Fsp3) is 0.154. The molecule has 2 heterocycles. The Morgan fingerprint density at radius 1 is 1.32 bits per heavy atom. The van der Waals surface area contributed by atoms with Crippen molar-refractivity contribution in [1.82, 2.24) is 15.0 Å². The molecule has 0 atom stereocenters. The molecule has 1 N–H and O–H groups in total. The van der Waals surface area contributed by atoms with E-state index in [2.05, 4.69) is 15.0 Å². The number of hydrogen-bond donors (Lipinski definition) is 1. The lowest BCUT2D eigenvalue weighted by Gasteiger charge is -2.05. The van der Waals surface area contributed by atoms with Crippen LogP contribution in [0.25, 0.3) is 22.4 Å². The molecule has 0 aliphatic rings. The number of fused-ring (bicyclic) bond motifs is 1. The number of nitrogens with zero attached hydrogens (tertiary/aromatic N) is 2. The highest BCUT2D eigenvalue weighted by molar-refractivity contribution is 6.35. The highest BCUT2D eigenvalue weighted by atomic mass is 35.5. The minimum Gasteiger partial charge on any atom is -0.470 e. The number of oxazole rings is 1. The fourth-order valence-electron chi connectivity index (χ4n) is 1.88. The highest BCUT2D eigenvalue weighted by Crippen LogP contribution is 2.30. The van der Waals surface area contributed by atoms with Gasteiger partial charge >= 0.3 is 5.76 Å². The van der Waals surface area contributed by atoms with Crippen molar-refractivity contribution in [1.29, 1.82) is 0 Å². The zero-order chi connectivity index (χ0) is 15.7. The van der Waals surface area contributed by atoms with Crippen LogP contribution in [0, 0.1) is 0 Å². The van der Waals surface area contributed by atoms with Gasteiger partial charge in [-0.25, -0.2) is 23.5 Å². The highest BCUT2D eigenvalue weighted by Gasteiger charge is 2.14. The van der Waals surface area contributed by atoms with Crippen LogP contribution in [-0.2, 0) is 0 Å². The molecule has 2 aromatic heterocycles. The maximum Gasteiger partial charge on any atom is 0.417 e. The Bertz CT molecular complexity index is 861. The lowest BCUT2D eigenvalue weighted by Crippen LogP contribution is -2.08. The van der Waals surface area contributed by atoms with Gasteiger partial charge in [0.2, 0.25) is 5.88 Å². The zero-order valence-electron chi connectivity index (χ0n) is 10.8. The van der Waals surface area contributed by atoms with Crippen LogP contribution in [-0.4, -0.2) is 28.0 Å². The molecule has 22 heavy (non-hydrogen) atoms. The summed E-state index contributed by atoms with van der Waals surface area (Å²) in [7, 11) is 0. The van der Waals surface area contributed by atoms with Crippen molar-refractivity contribution >= 4 is 22.7 Å². The minimum atomic E-state index is -2.59. The zero-order valence-corrected chi connectivity index (χ0v) is 11.6. The smallest absolute Gasteiger partial charge is 0.417 e. The summed E-state index contributed by atoms with van der Waals surface area (Å²) in [5.74, 6) is -0.668. The molecule has 0 bridgehead atoms. The number of aromatic nitrogens is 3. The average Bonchev–Trinajstić information content (AvgIpc) is 2.89. The molecule has 0 amide bonds. The molecular formula is C13H8ClF2N3O3. The summed E-state index contributed by atoms with van der Waals surface area (Å²) in [5.41, 5.74) is 1.47. The second-order valence-corrected chi connectivity index (χ2v) is 4.66. The molecular weight excluding hydrogens is 320 g/mol. The van der Waals surface area contributed by atoms with E-state index in [0.29, 0.717) is 21.8 Å². The number of hydrogen-bond acceptors (Lipinski definition) is 5. The van der Waals surface area contributed by atoms with Gasteiger partial charge in [-0.1, -0.05) is 11.6 Å². The van der Waals surface area contributed by atoms with Crippen molar-refractivity contribution in [2.75, 3.05) is 6.61 Å². The van der Waals surface area contributed by atoms with E-state index in [-0.39, 0.29) is 11.5 Å². The van der Waals surface area contributed by atoms with Gasteiger partial charge in [0.25, 0.3) is 6.43 Å². The second kappa shape index (κ2) is 5.72. The van der Waals surface area contributed by atoms with Crippen molar-refractivity contribution in [3.63, 3.8) is 0 Å². The molecule has 0 unspecified atom stereocenters.